The van der Waals surface area contributed by atoms with Crippen LogP contribution in [0.25, 0.3) is 0 Å². The fourth-order valence-electron chi connectivity index (χ4n) is 3.70. The molecule has 3 nitrogen and oxygen atoms in total. The fraction of sp³-hybridized carbons (Fsp3) is 0.737. The van der Waals surface area contributed by atoms with Crippen LogP contribution in [-0.4, -0.2) is 26.0 Å². The number of hydrogen-bond acceptors (Lipinski definition) is 3. The first-order chi connectivity index (χ1) is 12.0. The molecule has 1 aliphatic rings. The molecule has 6 heteroatoms. The van der Waals surface area contributed by atoms with Crippen LogP contribution < -0.4 is 0 Å². The molecule has 1 aromatic heterocycles. The van der Waals surface area contributed by atoms with Crippen molar-refractivity contribution >= 4 is 31.5 Å². The van der Waals surface area contributed by atoms with E-state index < -0.39 is 8.32 Å². The molecule has 142 valence electrons. The zero-order valence-electron chi connectivity index (χ0n) is 15.7. The minimum Gasteiger partial charge on any atom is -0.410 e. The van der Waals surface area contributed by atoms with Gasteiger partial charge in [0.05, 0.1) is 22.3 Å². The smallest absolute Gasteiger partial charge is 0.192 e. The van der Waals surface area contributed by atoms with Crippen molar-refractivity contribution < 1.29 is 9.16 Å². The Morgan fingerprint density at radius 2 is 1.84 bits per heavy atom. The zero-order chi connectivity index (χ0) is 18.3. The molecule has 0 spiro atoms. The van der Waals surface area contributed by atoms with Gasteiger partial charge in [0, 0.05) is 24.6 Å². The Balaban J connectivity index is 2.15. The van der Waals surface area contributed by atoms with Gasteiger partial charge >= 0.3 is 0 Å². The van der Waals surface area contributed by atoms with Gasteiger partial charge in [0.15, 0.2) is 8.32 Å². The van der Waals surface area contributed by atoms with E-state index in [2.05, 4.69) is 25.8 Å². The minimum absolute atomic E-state index is 0.0454. The van der Waals surface area contributed by atoms with E-state index in [9.17, 15) is 0 Å². The van der Waals surface area contributed by atoms with Crippen LogP contribution in [0, 0.1) is 0 Å². The van der Waals surface area contributed by atoms with Crippen LogP contribution >= 0.6 is 23.2 Å². The zero-order valence-corrected chi connectivity index (χ0v) is 18.2. The second kappa shape index (κ2) is 10.3. The van der Waals surface area contributed by atoms with Gasteiger partial charge in [-0.1, -0.05) is 44.0 Å². The molecule has 2 heterocycles. The lowest BCUT2D eigenvalue weighted by molar-refractivity contribution is 0.0958. The van der Waals surface area contributed by atoms with Gasteiger partial charge in [-0.15, -0.1) is 0 Å². The molecule has 0 N–H and O–H groups in total. The van der Waals surface area contributed by atoms with Crippen LogP contribution in [0.5, 0.6) is 0 Å². The largest absolute Gasteiger partial charge is 0.410 e. The van der Waals surface area contributed by atoms with Gasteiger partial charge in [0.1, 0.15) is 0 Å². The molecule has 1 aliphatic heterocycles. The molecule has 0 amide bonds. The number of ether oxygens (including phenoxy) is 1. The van der Waals surface area contributed by atoms with Crippen LogP contribution in [0.2, 0.25) is 28.2 Å². The third kappa shape index (κ3) is 5.67. The molecule has 0 saturated carbocycles. The second-order valence-corrected chi connectivity index (χ2v) is 12.5. The van der Waals surface area contributed by atoms with Gasteiger partial charge in [-0.25, -0.2) is 0 Å². The first-order valence-electron chi connectivity index (χ1n) is 9.63. The summed E-state index contributed by atoms with van der Waals surface area (Å²) >= 11 is 12.9. The molecule has 1 fully saturated rings. The Labute approximate surface area is 163 Å². The van der Waals surface area contributed by atoms with Crippen molar-refractivity contribution in [2.75, 3.05) is 6.61 Å². The molecule has 2 rings (SSSR count). The van der Waals surface area contributed by atoms with E-state index in [0.717, 1.165) is 49.6 Å². The summed E-state index contributed by atoms with van der Waals surface area (Å²) in [5, 5.41) is 1.22. The summed E-state index contributed by atoms with van der Waals surface area (Å²) in [5.41, 5.74) is 0.915. The molecular weight excluding hydrogens is 373 g/mol. The Morgan fingerprint density at radius 3 is 2.36 bits per heavy atom. The Kier molecular flexibility index (Phi) is 8.69. The number of nitrogens with zero attached hydrogens (tertiary/aromatic N) is 1. The van der Waals surface area contributed by atoms with Crippen LogP contribution in [0.4, 0.5) is 0 Å². The van der Waals surface area contributed by atoms with Crippen molar-refractivity contribution in [3.8, 4) is 0 Å². The van der Waals surface area contributed by atoms with Crippen molar-refractivity contribution in [3.63, 3.8) is 0 Å². The number of rotatable bonds is 10. The predicted octanol–water partition coefficient (Wildman–Crippen LogP) is 6.80. The number of pyridine rings is 1. The maximum atomic E-state index is 6.80. The number of halogens is 2. The van der Waals surface area contributed by atoms with E-state index in [1.54, 1.807) is 12.4 Å². The highest BCUT2D eigenvalue weighted by Gasteiger charge is 2.34. The summed E-state index contributed by atoms with van der Waals surface area (Å²) < 4.78 is 12.6. The van der Waals surface area contributed by atoms with Gasteiger partial charge in [-0.05, 0) is 50.2 Å². The van der Waals surface area contributed by atoms with E-state index in [1.807, 2.05) is 0 Å². The Bertz CT molecular complexity index is 506. The van der Waals surface area contributed by atoms with Crippen molar-refractivity contribution in [2.45, 2.75) is 83.2 Å². The average molecular weight is 404 g/mol. The molecule has 0 aromatic carbocycles. The van der Waals surface area contributed by atoms with Crippen molar-refractivity contribution in [3.05, 3.63) is 28.0 Å². The first-order valence-corrected chi connectivity index (χ1v) is 12.9. The maximum Gasteiger partial charge on any atom is 0.192 e. The van der Waals surface area contributed by atoms with Crippen LogP contribution in [0.15, 0.2) is 12.4 Å². The molecular formula is C19H31Cl2NO2Si. The van der Waals surface area contributed by atoms with Crippen molar-refractivity contribution in [1.29, 1.82) is 0 Å². The van der Waals surface area contributed by atoms with Gasteiger partial charge in [0.2, 0.25) is 0 Å². The monoisotopic (exact) mass is 403 g/mol. The lowest BCUT2D eigenvalue weighted by Gasteiger charge is -2.34. The van der Waals surface area contributed by atoms with E-state index in [0.29, 0.717) is 16.1 Å². The number of aromatic nitrogens is 1. The third-order valence-electron chi connectivity index (χ3n) is 5.55. The second-order valence-electron chi connectivity index (χ2n) is 6.93. The Hall–Kier alpha value is -0.133. The van der Waals surface area contributed by atoms with Gasteiger partial charge in [0.25, 0.3) is 0 Å². The van der Waals surface area contributed by atoms with Crippen molar-refractivity contribution in [2.24, 2.45) is 0 Å². The third-order valence-corrected chi connectivity index (χ3v) is 10.8. The summed E-state index contributed by atoms with van der Waals surface area (Å²) in [5.74, 6) is 0. The minimum atomic E-state index is -1.76. The first kappa shape index (κ1) is 21.2. The topological polar surface area (TPSA) is 31.4 Å². The van der Waals surface area contributed by atoms with E-state index >= 15 is 0 Å². The molecule has 1 saturated heterocycles. The maximum absolute atomic E-state index is 6.80. The van der Waals surface area contributed by atoms with Crippen LogP contribution in [0.1, 0.15) is 64.5 Å². The van der Waals surface area contributed by atoms with Gasteiger partial charge in [-0.3, -0.25) is 4.98 Å². The molecule has 1 aromatic rings. The van der Waals surface area contributed by atoms with Gasteiger partial charge < -0.3 is 9.16 Å². The van der Waals surface area contributed by atoms with E-state index in [-0.39, 0.29) is 6.10 Å². The highest BCUT2D eigenvalue weighted by molar-refractivity contribution is 6.73. The van der Waals surface area contributed by atoms with Crippen molar-refractivity contribution in [1.82, 2.24) is 4.98 Å². The normalized spacial score (nSPS) is 19.3. The highest BCUT2D eigenvalue weighted by Crippen LogP contribution is 2.39. The average Bonchev–Trinajstić information content (AvgIpc) is 3.12. The lowest BCUT2D eigenvalue weighted by atomic mass is 10.0. The van der Waals surface area contributed by atoms with E-state index in [4.69, 9.17) is 32.4 Å². The molecule has 1 unspecified atom stereocenters. The summed E-state index contributed by atoms with van der Waals surface area (Å²) in [6.07, 6.45) is 9.15. The quantitative estimate of drug-likeness (QED) is 0.402. The molecule has 2 atom stereocenters. The van der Waals surface area contributed by atoms with Gasteiger partial charge in [-0.2, -0.15) is 0 Å². The van der Waals surface area contributed by atoms with Crippen LogP contribution in [0.3, 0.4) is 0 Å². The molecule has 25 heavy (non-hydrogen) atoms. The highest BCUT2D eigenvalue weighted by atomic mass is 35.5. The molecule has 0 bridgehead atoms. The SMILES string of the molecule is CC[Si](CC)(CC)OC(CCC[C@H]1CCCO1)c1c(Cl)cncc1Cl. The van der Waals surface area contributed by atoms with E-state index in [1.165, 1.54) is 12.8 Å². The molecule has 0 radical (unpaired) electrons. The number of hydrogen-bond donors (Lipinski definition) is 0. The fourth-order valence-corrected chi connectivity index (χ4v) is 7.14. The summed E-state index contributed by atoms with van der Waals surface area (Å²) in [6.45, 7) is 7.65. The Morgan fingerprint density at radius 1 is 1.20 bits per heavy atom. The predicted molar refractivity (Wildman–Crippen MR) is 108 cm³/mol. The summed E-state index contributed by atoms with van der Waals surface area (Å²) in [7, 11) is -1.76. The standard InChI is InChI=1S/C19H31Cl2NO2Si/c1-4-25(5-2,6-3)24-18(11-7-9-15-10-8-12-23-15)19-16(20)13-22-14-17(19)21/h13-15,18H,4-12H2,1-3H3/t15-,18?/m0/s1. The lowest BCUT2D eigenvalue weighted by Crippen LogP contribution is -2.37. The van der Waals surface area contributed by atoms with Crippen LogP contribution in [-0.2, 0) is 9.16 Å². The molecule has 0 aliphatic carbocycles. The summed E-state index contributed by atoms with van der Waals surface area (Å²) in [4.78, 5) is 4.10. The summed E-state index contributed by atoms with van der Waals surface area (Å²) in [6, 6.07) is 3.34.